The van der Waals surface area contributed by atoms with Gasteiger partial charge in [-0.2, -0.15) is 5.10 Å². The number of nitro benzene ring substituents is 1. The summed E-state index contributed by atoms with van der Waals surface area (Å²) < 4.78 is 1.76. The predicted molar refractivity (Wildman–Crippen MR) is 126 cm³/mol. The van der Waals surface area contributed by atoms with Gasteiger partial charge in [-0.15, -0.1) is 0 Å². The molecule has 9 heteroatoms. The number of nitrogens with zero attached hydrogens (tertiary/aromatic N) is 5. The van der Waals surface area contributed by atoms with Crippen molar-refractivity contribution >= 4 is 34.0 Å². The summed E-state index contributed by atoms with van der Waals surface area (Å²) in [6, 6.07) is 16.1. The third-order valence-electron chi connectivity index (χ3n) is 5.85. The molecule has 0 saturated carbocycles. The summed E-state index contributed by atoms with van der Waals surface area (Å²) in [6.07, 6.45) is 3.58. The molecule has 0 atom stereocenters. The van der Waals surface area contributed by atoms with Crippen LogP contribution in [0, 0.1) is 17.0 Å². The van der Waals surface area contributed by atoms with E-state index in [2.05, 4.69) is 15.4 Å². The summed E-state index contributed by atoms with van der Waals surface area (Å²) >= 11 is 0. The number of carbonyl (C=O) groups excluding carboxylic acids is 1. The first-order valence-corrected chi connectivity index (χ1v) is 10.8. The Morgan fingerprint density at radius 3 is 2.58 bits per heavy atom. The largest absolute Gasteiger partial charge is 0.366 e. The van der Waals surface area contributed by atoms with Crippen molar-refractivity contribution in [3.63, 3.8) is 0 Å². The van der Waals surface area contributed by atoms with Crippen molar-refractivity contribution in [2.75, 3.05) is 23.3 Å². The van der Waals surface area contributed by atoms with Crippen LogP contribution in [0.2, 0.25) is 0 Å². The molecule has 2 aromatic heterocycles. The molecule has 166 valence electrons. The molecule has 4 aromatic rings. The number of aryl methyl sites for hydroxylation is 1. The van der Waals surface area contributed by atoms with Gasteiger partial charge < -0.3 is 10.2 Å². The number of anilines is 2. The quantitative estimate of drug-likeness (QED) is 0.361. The van der Waals surface area contributed by atoms with E-state index in [1.807, 2.05) is 48.2 Å². The molecule has 9 nitrogen and oxygen atoms in total. The topological polar surface area (TPSA) is 106 Å². The van der Waals surface area contributed by atoms with Gasteiger partial charge in [0.05, 0.1) is 28.2 Å². The van der Waals surface area contributed by atoms with E-state index in [1.165, 1.54) is 6.07 Å². The SMILES string of the molecule is Cc1nn(-c2ccccc2)c2ncc(NC(=O)c3ccc(N4CCCC4)c([N+](=O)[O-])c3)cc12. The predicted octanol–water partition coefficient (Wildman–Crippen LogP) is 4.49. The van der Waals surface area contributed by atoms with Gasteiger partial charge in [-0.05, 0) is 50.1 Å². The average molecular weight is 442 g/mol. The molecular weight excluding hydrogens is 420 g/mol. The van der Waals surface area contributed by atoms with Gasteiger partial charge in [-0.1, -0.05) is 18.2 Å². The Morgan fingerprint density at radius 1 is 1.09 bits per heavy atom. The van der Waals surface area contributed by atoms with Crippen LogP contribution in [0.3, 0.4) is 0 Å². The molecule has 1 N–H and O–H groups in total. The number of hydrogen-bond acceptors (Lipinski definition) is 6. The first-order valence-electron chi connectivity index (χ1n) is 10.8. The van der Waals surface area contributed by atoms with Gasteiger partial charge in [-0.3, -0.25) is 14.9 Å². The normalized spacial score (nSPS) is 13.4. The Labute approximate surface area is 189 Å². The molecule has 0 aliphatic carbocycles. The lowest BCUT2D eigenvalue weighted by molar-refractivity contribution is -0.384. The van der Waals surface area contributed by atoms with E-state index in [-0.39, 0.29) is 11.3 Å². The fraction of sp³-hybridized carbons (Fsp3) is 0.208. The Morgan fingerprint density at radius 2 is 1.85 bits per heavy atom. The summed E-state index contributed by atoms with van der Waals surface area (Å²) in [5.41, 5.74) is 3.57. The summed E-state index contributed by atoms with van der Waals surface area (Å²) in [4.78, 5) is 30.6. The van der Waals surface area contributed by atoms with Crippen LogP contribution in [-0.4, -0.2) is 38.7 Å². The third kappa shape index (κ3) is 3.89. The molecule has 3 heterocycles. The average Bonchev–Trinajstić information content (AvgIpc) is 3.48. The zero-order valence-electron chi connectivity index (χ0n) is 18.1. The van der Waals surface area contributed by atoms with E-state index in [0.29, 0.717) is 17.0 Å². The molecule has 0 unspecified atom stereocenters. The van der Waals surface area contributed by atoms with Crippen molar-refractivity contribution in [3.05, 3.63) is 82.2 Å². The van der Waals surface area contributed by atoms with Crippen LogP contribution >= 0.6 is 0 Å². The number of carbonyl (C=O) groups is 1. The van der Waals surface area contributed by atoms with Crippen molar-refractivity contribution in [1.29, 1.82) is 0 Å². The lowest BCUT2D eigenvalue weighted by Crippen LogP contribution is -2.19. The summed E-state index contributed by atoms with van der Waals surface area (Å²) in [6.45, 7) is 3.46. The van der Waals surface area contributed by atoms with Gasteiger partial charge in [0.15, 0.2) is 5.65 Å². The van der Waals surface area contributed by atoms with Gasteiger partial charge in [0.2, 0.25) is 0 Å². The molecule has 0 bridgehead atoms. The number of benzene rings is 2. The van der Waals surface area contributed by atoms with Crippen LogP contribution in [-0.2, 0) is 0 Å². The van der Waals surface area contributed by atoms with Crippen molar-refractivity contribution in [1.82, 2.24) is 14.8 Å². The fourth-order valence-electron chi connectivity index (χ4n) is 4.20. The second kappa shape index (κ2) is 8.34. The zero-order valence-corrected chi connectivity index (χ0v) is 18.1. The van der Waals surface area contributed by atoms with E-state index in [4.69, 9.17) is 0 Å². The molecule has 1 aliphatic rings. The minimum atomic E-state index is -0.431. The molecule has 0 spiro atoms. The number of nitrogens with one attached hydrogen (secondary N) is 1. The molecule has 2 aromatic carbocycles. The number of amides is 1. The maximum atomic E-state index is 12.9. The van der Waals surface area contributed by atoms with Crippen molar-refractivity contribution in [2.45, 2.75) is 19.8 Å². The van der Waals surface area contributed by atoms with Crippen molar-refractivity contribution in [3.8, 4) is 5.69 Å². The number of aromatic nitrogens is 3. The van der Waals surface area contributed by atoms with Crippen molar-refractivity contribution < 1.29 is 9.72 Å². The van der Waals surface area contributed by atoms with Crippen molar-refractivity contribution in [2.24, 2.45) is 0 Å². The highest BCUT2D eigenvalue weighted by molar-refractivity contribution is 6.05. The minimum absolute atomic E-state index is 0.0573. The number of fused-ring (bicyclic) bond motifs is 1. The van der Waals surface area contributed by atoms with E-state index >= 15 is 0 Å². The highest BCUT2D eigenvalue weighted by Gasteiger charge is 2.24. The van der Waals surface area contributed by atoms with Gasteiger partial charge in [0.1, 0.15) is 5.69 Å². The second-order valence-electron chi connectivity index (χ2n) is 8.04. The molecule has 1 fully saturated rings. The van der Waals surface area contributed by atoms with E-state index in [1.54, 1.807) is 23.0 Å². The molecular formula is C24H22N6O3. The lowest BCUT2D eigenvalue weighted by atomic mass is 10.1. The lowest BCUT2D eigenvalue weighted by Gasteiger charge is -2.17. The maximum Gasteiger partial charge on any atom is 0.293 e. The molecule has 0 radical (unpaired) electrons. The highest BCUT2D eigenvalue weighted by Crippen LogP contribution is 2.32. The molecule has 1 amide bonds. The molecule has 1 saturated heterocycles. The Balaban J connectivity index is 1.43. The first kappa shape index (κ1) is 20.6. The number of hydrogen-bond donors (Lipinski definition) is 1. The van der Waals surface area contributed by atoms with E-state index in [9.17, 15) is 14.9 Å². The van der Waals surface area contributed by atoms with Crippen LogP contribution in [0.1, 0.15) is 28.9 Å². The van der Waals surface area contributed by atoms with E-state index < -0.39 is 10.8 Å². The molecule has 5 rings (SSSR count). The van der Waals surface area contributed by atoms with Crippen LogP contribution in [0.25, 0.3) is 16.7 Å². The van der Waals surface area contributed by atoms with Gasteiger partial charge >= 0.3 is 0 Å². The van der Waals surface area contributed by atoms with Crippen LogP contribution < -0.4 is 10.2 Å². The Bertz CT molecular complexity index is 1360. The second-order valence-corrected chi connectivity index (χ2v) is 8.04. The summed E-state index contributed by atoms with van der Waals surface area (Å²) in [7, 11) is 0. The monoisotopic (exact) mass is 442 g/mol. The number of para-hydroxylation sites is 1. The smallest absolute Gasteiger partial charge is 0.293 e. The number of rotatable bonds is 5. The van der Waals surface area contributed by atoms with E-state index in [0.717, 1.165) is 42.7 Å². The maximum absolute atomic E-state index is 12.9. The molecule has 33 heavy (non-hydrogen) atoms. The standard InChI is InChI=1S/C24H22N6O3/c1-16-20-14-18(15-25-23(20)29(27-16)19-7-3-2-4-8-19)26-24(31)17-9-10-21(22(13-17)30(32)33)28-11-5-6-12-28/h2-4,7-10,13-15H,5-6,11-12H2,1H3,(H,26,31). The third-order valence-corrected chi connectivity index (χ3v) is 5.85. The Kier molecular flexibility index (Phi) is 5.21. The minimum Gasteiger partial charge on any atom is -0.366 e. The molecule has 1 aliphatic heterocycles. The number of pyridine rings is 1. The number of nitro groups is 1. The van der Waals surface area contributed by atoms with Crippen LogP contribution in [0.4, 0.5) is 17.1 Å². The highest BCUT2D eigenvalue weighted by atomic mass is 16.6. The van der Waals surface area contributed by atoms with Gasteiger partial charge in [0, 0.05) is 30.1 Å². The van der Waals surface area contributed by atoms with Gasteiger partial charge in [-0.25, -0.2) is 9.67 Å². The zero-order chi connectivity index (χ0) is 22.9. The summed E-state index contributed by atoms with van der Waals surface area (Å²) in [5, 5.41) is 19.8. The first-order chi connectivity index (χ1) is 16.0. The Hall–Kier alpha value is -4.27. The van der Waals surface area contributed by atoms with Crippen LogP contribution in [0.5, 0.6) is 0 Å². The summed E-state index contributed by atoms with van der Waals surface area (Å²) in [5.74, 6) is -0.430. The fourth-order valence-corrected chi connectivity index (χ4v) is 4.20. The van der Waals surface area contributed by atoms with Crippen LogP contribution in [0.15, 0.2) is 60.8 Å². The van der Waals surface area contributed by atoms with Gasteiger partial charge in [0.25, 0.3) is 11.6 Å².